The molecule has 0 N–H and O–H groups in total. The molecule has 7 heteroatoms. The van der Waals surface area contributed by atoms with Gasteiger partial charge >= 0.3 is 0 Å². The lowest BCUT2D eigenvalue weighted by atomic mass is 10.2. The van der Waals surface area contributed by atoms with E-state index in [0.29, 0.717) is 15.9 Å². The number of halogens is 2. The van der Waals surface area contributed by atoms with Crippen molar-refractivity contribution in [2.24, 2.45) is 0 Å². The quantitative estimate of drug-likeness (QED) is 0.857. The standard InChI is InChI=1S/C11H8Cl2N2O2S/c1-18(16,17)10-8-6-7(12)2-3-9(8)15(5-4-14)11(10)13/h2-3,6H,5H2,1H3. The summed E-state index contributed by atoms with van der Waals surface area (Å²) in [5, 5.41) is 9.65. The predicted molar refractivity (Wildman–Crippen MR) is 70.7 cm³/mol. The average Bonchev–Trinajstić information content (AvgIpc) is 2.51. The third-order valence-corrected chi connectivity index (χ3v) is 4.41. The highest BCUT2D eigenvalue weighted by Crippen LogP contribution is 2.35. The Kier molecular flexibility index (Phi) is 3.28. The number of nitriles is 1. The second-order valence-electron chi connectivity index (χ2n) is 3.80. The summed E-state index contributed by atoms with van der Waals surface area (Å²) in [5.74, 6) is 0. The SMILES string of the molecule is CS(=O)(=O)c1c(Cl)n(CC#N)c2ccc(Cl)cc12. The third kappa shape index (κ3) is 2.07. The first kappa shape index (κ1) is 13.2. The molecule has 1 aromatic carbocycles. The molecule has 0 aliphatic carbocycles. The molecule has 0 saturated heterocycles. The van der Waals surface area contributed by atoms with E-state index in [1.807, 2.05) is 6.07 Å². The van der Waals surface area contributed by atoms with Crippen LogP contribution < -0.4 is 0 Å². The van der Waals surface area contributed by atoms with Crippen LogP contribution in [0.2, 0.25) is 10.2 Å². The third-order valence-electron chi connectivity index (χ3n) is 2.52. The van der Waals surface area contributed by atoms with Gasteiger partial charge in [0, 0.05) is 16.7 Å². The fourth-order valence-corrected chi connectivity index (χ4v) is 3.67. The molecule has 0 amide bonds. The zero-order valence-electron chi connectivity index (χ0n) is 9.31. The zero-order valence-corrected chi connectivity index (χ0v) is 11.6. The normalized spacial score (nSPS) is 11.7. The molecule has 0 bridgehead atoms. The zero-order chi connectivity index (χ0) is 13.5. The van der Waals surface area contributed by atoms with Gasteiger partial charge in [0.05, 0.1) is 11.6 Å². The van der Waals surface area contributed by atoms with Crippen LogP contribution in [-0.2, 0) is 16.4 Å². The van der Waals surface area contributed by atoms with E-state index in [4.69, 9.17) is 28.5 Å². The first-order valence-electron chi connectivity index (χ1n) is 4.90. The Morgan fingerprint density at radius 1 is 1.39 bits per heavy atom. The summed E-state index contributed by atoms with van der Waals surface area (Å²) in [6, 6.07) is 6.76. The summed E-state index contributed by atoms with van der Waals surface area (Å²) in [6.45, 7) is -0.0213. The molecule has 0 saturated carbocycles. The van der Waals surface area contributed by atoms with Crippen LogP contribution in [0.25, 0.3) is 10.9 Å². The Balaban J connectivity index is 2.98. The second kappa shape index (κ2) is 4.47. The smallest absolute Gasteiger partial charge is 0.179 e. The van der Waals surface area contributed by atoms with Crippen molar-refractivity contribution in [1.82, 2.24) is 4.57 Å². The highest BCUT2D eigenvalue weighted by Gasteiger charge is 2.23. The summed E-state index contributed by atoms with van der Waals surface area (Å²) in [5.41, 5.74) is 0.575. The minimum atomic E-state index is -3.50. The van der Waals surface area contributed by atoms with Crippen molar-refractivity contribution in [3.63, 3.8) is 0 Å². The molecule has 94 valence electrons. The second-order valence-corrected chi connectivity index (χ2v) is 6.54. The van der Waals surface area contributed by atoms with Crippen molar-refractivity contribution in [3.05, 3.63) is 28.4 Å². The molecule has 4 nitrogen and oxygen atoms in total. The monoisotopic (exact) mass is 302 g/mol. The van der Waals surface area contributed by atoms with Crippen LogP contribution in [0.3, 0.4) is 0 Å². The molecule has 0 aliphatic rings. The number of sulfone groups is 1. The predicted octanol–water partition coefficient (Wildman–Crippen LogP) is 2.88. The largest absolute Gasteiger partial charge is 0.317 e. The molecule has 1 aromatic heterocycles. The highest BCUT2D eigenvalue weighted by atomic mass is 35.5. The average molecular weight is 303 g/mol. The first-order valence-corrected chi connectivity index (χ1v) is 7.55. The number of hydrogen-bond acceptors (Lipinski definition) is 3. The minimum Gasteiger partial charge on any atom is -0.317 e. The molecule has 0 unspecified atom stereocenters. The van der Waals surface area contributed by atoms with Crippen molar-refractivity contribution in [1.29, 1.82) is 5.26 Å². The van der Waals surface area contributed by atoms with Gasteiger partial charge in [0.15, 0.2) is 9.84 Å². The molecule has 0 fully saturated rings. The van der Waals surface area contributed by atoms with Crippen LogP contribution in [-0.4, -0.2) is 19.2 Å². The molecular formula is C11H8Cl2N2O2S. The summed E-state index contributed by atoms with van der Waals surface area (Å²) < 4.78 is 25.0. The maximum absolute atomic E-state index is 11.8. The van der Waals surface area contributed by atoms with Crippen molar-refractivity contribution >= 4 is 43.9 Å². The van der Waals surface area contributed by atoms with E-state index in [1.165, 1.54) is 10.6 Å². The maximum Gasteiger partial charge on any atom is 0.179 e. The van der Waals surface area contributed by atoms with E-state index in [1.54, 1.807) is 12.1 Å². The van der Waals surface area contributed by atoms with Gasteiger partial charge in [0.25, 0.3) is 0 Å². The lowest BCUT2D eigenvalue weighted by Crippen LogP contribution is -1.99. The maximum atomic E-state index is 11.8. The van der Waals surface area contributed by atoms with Crippen LogP contribution in [0.15, 0.2) is 23.1 Å². The lowest BCUT2D eigenvalue weighted by Gasteiger charge is -2.00. The van der Waals surface area contributed by atoms with E-state index in [-0.39, 0.29) is 16.6 Å². The fraction of sp³-hybridized carbons (Fsp3) is 0.182. The van der Waals surface area contributed by atoms with E-state index in [2.05, 4.69) is 0 Å². The van der Waals surface area contributed by atoms with Gasteiger partial charge in [0.2, 0.25) is 0 Å². The molecule has 0 spiro atoms. The van der Waals surface area contributed by atoms with Gasteiger partial charge in [0.1, 0.15) is 16.6 Å². The summed E-state index contributed by atoms with van der Waals surface area (Å²) in [7, 11) is -3.50. The molecule has 18 heavy (non-hydrogen) atoms. The molecule has 1 heterocycles. The van der Waals surface area contributed by atoms with Gasteiger partial charge in [-0.1, -0.05) is 23.2 Å². The first-order chi connectivity index (χ1) is 8.36. The molecule has 2 rings (SSSR count). The van der Waals surface area contributed by atoms with Gasteiger partial charge in [-0.2, -0.15) is 5.26 Å². The Morgan fingerprint density at radius 3 is 2.61 bits per heavy atom. The van der Waals surface area contributed by atoms with Crippen LogP contribution in [0.4, 0.5) is 0 Å². The van der Waals surface area contributed by atoms with Gasteiger partial charge in [-0.3, -0.25) is 0 Å². The highest BCUT2D eigenvalue weighted by molar-refractivity contribution is 7.91. The number of aromatic nitrogens is 1. The van der Waals surface area contributed by atoms with Crippen LogP contribution >= 0.6 is 23.2 Å². The summed E-state index contributed by atoms with van der Waals surface area (Å²) in [6.07, 6.45) is 1.07. The van der Waals surface area contributed by atoms with Gasteiger partial charge in [-0.15, -0.1) is 0 Å². The van der Waals surface area contributed by atoms with Gasteiger partial charge < -0.3 is 4.57 Å². The van der Waals surface area contributed by atoms with E-state index < -0.39 is 9.84 Å². The summed E-state index contributed by atoms with van der Waals surface area (Å²) in [4.78, 5) is 0.0110. The van der Waals surface area contributed by atoms with Crippen LogP contribution in [0.1, 0.15) is 0 Å². The molecule has 2 aromatic rings. The van der Waals surface area contributed by atoms with E-state index in [0.717, 1.165) is 6.26 Å². The van der Waals surface area contributed by atoms with E-state index in [9.17, 15) is 8.42 Å². The molecule has 0 atom stereocenters. The van der Waals surface area contributed by atoms with Crippen molar-refractivity contribution in [2.45, 2.75) is 11.4 Å². The lowest BCUT2D eigenvalue weighted by molar-refractivity contribution is 0.602. The van der Waals surface area contributed by atoms with Crippen LogP contribution in [0.5, 0.6) is 0 Å². The van der Waals surface area contributed by atoms with Crippen molar-refractivity contribution in [2.75, 3.05) is 6.26 Å². The fourth-order valence-electron chi connectivity index (χ4n) is 1.84. The van der Waals surface area contributed by atoms with Gasteiger partial charge in [-0.25, -0.2) is 8.42 Å². The van der Waals surface area contributed by atoms with Gasteiger partial charge in [-0.05, 0) is 18.2 Å². The number of fused-ring (bicyclic) bond motifs is 1. The molecule has 0 aliphatic heterocycles. The Hall–Kier alpha value is -1.22. The Morgan fingerprint density at radius 2 is 2.06 bits per heavy atom. The van der Waals surface area contributed by atoms with E-state index >= 15 is 0 Å². The van der Waals surface area contributed by atoms with Crippen LogP contribution in [0, 0.1) is 11.3 Å². The van der Waals surface area contributed by atoms with Crippen molar-refractivity contribution < 1.29 is 8.42 Å². The number of rotatable bonds is 2. The number of hydrogen-bond donors (Lipinski definition) is 0. The Labute approximate surface area is 114 Å². The number of nitrogens with zero attached hydrogens (tertiary/aromatic N) is 2. The summed E-state index contributed by atoms with van der Waals surface area (Å²) >= 11 is 11.9. The molecule has 0 radical (unpaired) electrons. The number of benzene rings is 1. The minimum absolute atomic E-state index is 0.0110. The topological polar surface area (TPSA) is 62.9 Å². The Bertz CT molecular complexity index is 772. The van der Waals surface area contributed by atoms with Crippen molar-refractivity contribution in [3.8, 4) is 6.07 Å². The molecular weight excluding hydrogens is 295 g/mol.